The molecule has 3 aromatic heterocycles. The molecule has 42 heavy (non-hydrogen) atoms. The molecule has 0 unspecified atom stereocenters. The molecule has 3 heterocycles. The van der Waals surface area contributed by atoms with Crippen LogP contribution in [0.5, 0.6) is 0 Å². The fraction of sp³-hybridized carbons (Fsp3) is 0.162. The first-order valence-electron chi connectivity index (χ1n) is 14.5. The van der Waals surface area contributed by atoms with Gasteiger partial charge in [-0.15, -0.1) is 0 Å². The van der Waals surface area contributed by atoms with Gasteiger partial charge in [0.05, 0.1) is 22.1 Å². The van der Waals surface area contributed by atoms with Crippen LogP contribution in [-0.2, 0) is 13.1 Å². The summed E-state index contributed by atoms with van der Waals surface area (Å²) >= 11 is 0. The molecule has 5 nitrogen and oxygen atoms in total. The van der Waals surface area contributed by atoms with E-state index in [2.05, 4.69) is 140 Å². The Hall–Kier alpha value is -5.03. The number of hydrogen-bond acceptors (Lipinski definition) is 3. The maximum atomic E-state index is 5.23. The molecule has 0 saturated heterocycles. The Morgan fingerprint density at radius 2 is 0.857 bits per heavy atom. The highest BCUT2D eigenvalue weighted by atomic mass is 15.1. The maximum Gasteiger partial charge on any atom is 0.160 e. The summed E-state index contributed by atoms with van der Waals surface area (Å²) in [5, 5.41) is 0. The zero-order chi connectivity index (χ0) is 28.8. The van der Waals surface area contributed by atoms with Gasteiger partial charge in [0.1, 0.15) is 11.4 Å². The van der Waals surface area contributed by atoms with Crippen molar-refractivity contribution in [3.63, 3.8) is 0 Å². The van der Waals surface area contributed by atoms with Gasteiger partial charge in [-0.3, -0.25) is 0 Å². The summed E-state index contributed by atoms with van der Waals surface area (Å²) in [6.45, 7) is 10.0. The van der Waals surface area contributed by atoms with Crippen LogP contribution in [0.25, 0.3) is 45.1 Å². The fourth-order valence-electron chi connectivity index (χ4n) is 5.69. The van der Waals surface area contributed by atoms with Crippen LogP contribution in [0.15, 0.2) is 103 Å². The fourth-order valence-corrected chi connectivity index (χ4v) is 5.69. The summed E-state index contributed by atoms with van der Waals surface area (Å²) in [5.74, 6) is 1.72. The lowest BCUT2D eigenvalue weighted by Crippen LogP contribution is -2.05. The standard InChI is InChI=1S/C37H33N5/c1-24-18-32-34(20-26(24)3)41(22-28-12-7-5-8-13-28)36(39-32)30-16-11-17-31(38-30)37-40-33-19-25(2)27(4)21-35(33)42(37)23-29-14-9-6-10-15-29/h5-21H,22-23H2,1-4H3. The van der Waals surface area contributed by atoms with E-state index in [0.29, 0.717) is 13.1 Å². The number of hydrogen-bond donors (Lipinski definition) is 0. The van der Waals surface area contributed by atoms with Crippen LogP contribution in [0, 0.1) is 27.7 Å². The minimum absolute atomic E-state index is 0.714. The number of rotatable bonds is 6. The number of aryl methyl sites for hydroxylation is 4. The SMILES string of the molecule is Cc1cc2nc(-c3cccc(-c4nc5cc(C)c(C)cc5n4Cc4ccccc4)n3)n(Cc3ccccc3)c2cc1C. The van der Waals surface area contributed by atoms with Gasteiger partial charge in [-0.05, 0) is 97.5 Å². The van der Waals surface area contributed by atoms with Gasteiger partial charge in [-0.2, -0.15) is 0 Å². The third-order valence-electron chi connectivity index (χ3n) is 8.30. The highest BCUT2D eigenvalue weighted by molar-refractivity contribution is 5.84. The Morgan fingerprint density at radius 1 is 0.452 bits per heavy atom. The van der Waals surface area contributed by atoms with E-state index in [1.807, 2.05) is 0 Å². The first-order valence-corrected chi connectivity index (χ1v) is 14.5. The highest BCUT2D eigenvalue weighted by Gasteiger charge is 2.19. The van der Waals surface area contributed by atoms with Crippen LogP contribution < -0.4 is 0 Å². The average Bonchev–Trinajstić information content (AvgIpc) is 3.52. The maximum absolute atomic E-state index is 5.23. The van der Waals surface area contributed by atoms with Gasteiger partial charge in [-0.25, -0.2) is 15.0 Å². The van der Waals surface area contributed by atoms with E-state index in [4.69, 9.17) is 15.0 Å². The van der Waals surface area contributed by atoms with Crippen molar-refractivity contribution in [1.29, 1.82) is 0 Å². The second-order valence-corrected chi connectivity index (χ2v) is 11.3. The van der Waals surface area contributed by atoms with Gasteiger partial charge >= 0.3 is 0 Å². The Labute approximate surface area is 246 Å². The van der Waals surface area contributed by atoms with E-state index in [1.165, 1.54) is 33.4 Å². The normalized spacial score (nSPS) is 11.5. The number of imidazole rings is 2. The van der Waals surface area contributed by atoms with Crippen molar-refractivity contribution in [2.24, 2.45) is 0 Å². The highest BCUT2D eigenvalue weighted by Crippen LogP contribution is 2.31. The lowest BCUT2D eigenvalue weighted by atomic mass is 10.1. The number of nitrogens with zero attached hydrogens (tertiary/aromatic N) is 5. The van der Waals surface area contributed by atoms with Crippen molar-refractivity contribution < 1.29 is 0 Å². The number of pyridine rings is 1. The number of fused-ring (bicyclic) bond motifs is 2. The summed E-state index contributed by atoms with van der Waals surface area (Å²) in [4.78, 5) is 15.5. The molecular weight excluding hydrogens is 514 g/mol. The van der Waals surface area contributed by atoms with E-state index in [1.54, 1.807) is 0 Å². The zero-order valence-corrected chi connectivity index (χ0v) is 24.5. The molecule has 0 fully saturated rings. The molecule has 0 spiro atoms. The first kappa shape index (κ1) is 25.9. The molecular formula is C37H33N5. The summed E-state index contributed by atoms with van der Waals surface area (Å²) in [5.41, 5.74) is 13.3. The Balaban J connectivity index is 1.41. The largest absolute Gasteiger partial charge is 0.318 e. The van der Waals surface area contributed by atoms with Gasteiger partial charge in [0.2, 0.25) is 0 Å². The predicted molar refractivity (Wildman–Crippen MR) is 172 cm³/mol. The minimum Gasteiger partial charge on any atom is -0.318 e. The van der Waals surface area contributed by atoms with Gasteiger partial charge in [0, 0.05) is 13.1 Å². The van der Waals surface area contributed by atoms with Crippen LogP contribution in [0.4, 0.5) is 0 Å². The zero-order valence-electron chi connectivity index (χ0n) is 24.5. The molecule has 0 atom stereocenters. The summed E-state index contributed by atoms with van der Waals surface area (Å²) < 4.78 is 4.59. The first-order chi connectivity index (χ1) is 20.4. The molecule has 206 valence electrons. The van der Waals surface area contributed by atoms with Crippen molar-refractivity contribution in [2.75, 3.05) is 0 Å². The van der Waals surface area contributed by atoms with Gasteiger partial charge in [0.15, 0.2) is 11.6 Å². The van der Waals surface area contributed by atoms with E-state index in [0.717, 1.165) is 45.1 Å². The minimum atomic E-state index is 0.714. The molecule has 7 aromatic rings. The molecule has 0 aliphatic heterocycles. The topological polar surface area (TPSA) is 48.5 Å². The predicted octanol–water partition coefficient (Wildman–Crippen LogP) is 8.45. The molecule has 5 heteroatoms. The molecule has 0 aliphatic carbocycles. The quantitative estimate of drug-likeness (QED) is 0.210. The monoisotopic (exact) mass is 547 g/mol. The van der Waals surface area contributed by atoms with E-state index >= 15 is 0 Å². The molecule has 0 N–H and O–H groups in total. The van der Waals surface area contributed by atoms with Gasteiger partial charge in [0.25, 0.3) is 0 Å². The smallest absolute Gasteiger partial charge is 0.160 e. The second kappa shape index (κ2) is 10.4. The molecule has 4 aromatic carbocycles. The molecule has 0 amide bonds. The number of aromatic nitrogens is 5. The van der Waals surface area contributed by atoms with Crippen LogP contribution in [-0.4, -0.2) is 24.1 Å². The third-order valence-corrected chi connectivity index (χ3v) is 8.30. The molecule has 0 radical (unpaired) electrons. The summed E-state index contributed by atoms with van der Waals surface area (Å²) in [6.07, 6.45) is 0. The average molecular weight is 548 g/mol. The Bertz CT molecular complexity index is 1920. The summed E-state index contributed by atoms with van der Waals surface area (Å²) in [7, 11) is 0. The van der Waals surface area contributed by atoms with Crippen LogP contribution in [0.3, 0.4) is 0 Å². The van der Waals surface area contributed by atoms with Crippen molar-refractivity contribution in [2.45, 2.75) is 40.8 Å². The second-order valence-electron chi connectivity index (χ2n) is 11.3. The van der Waals surface area contributed by atoms with Crippen molar-refractivity contribution >= 4 is 22.1 Å². The lowest BCUT2D eigenvalue weighted by Gasteiger charge is -2.12. The van der Waals surface area contributed by atoms with E-state index < -0.39 is 0 Å². The molecule has 0 aliphatic rings. The van der Waals surface area contributed by atoms with Gasteiger partial charge in [-0.1, -0.05) is 66.7 Å². The van der Waals surface area contributed by atoms with Crippen LogP contribution in [0.2, 0.25) is 0 Å². The van der Waals surface area contributed by atoms with Crippen LogP contribution in [0.1, 0.15) is 33.4 Å². The van der Waals surface area contributed by atoms with Crippen molar-refractivity contribution in [3.8, 4) is 23.0 Å². The van der Waals surface area contributed by atoms with Gasteiger partial charge < -0.3 is 9.13 Å². The molecule has 7 rings (SSSR count). The van der Waals surface area contributed by atoms with E-state index in [-0.39, 0.29) is 0 Å². The lowest BCUT2D eigenvalue weighted by molar-refractivity contribution is 0.824. The van der Waals surface area contributed by atoms with Crippen LogP contribution >= 0.6 is 0 Å². The molecule has 0 saturated carbocycles. The van der Waals surface area contributed by atoms with Crippen molar-refractivity contribution in [1.82, 2.24) is 24.1 Å². The Morgan fingerprint density at radius 3 is 1.29 bits per heavy atom. The van der Waals surface area contributed by atoms with E-state index in [9.17, 15) is 0 Å². The number of benzene rings is 4. The Kier molecular flexibility index (Phi) is 6.43. The third kappa shape index (κ3) is 4.67. The molecule has 0 bridgehead atoms. The summed E-state index contributed by atoms with van der Waals surface area (Å²) in [6, 6.07) is 36.2. The van der Waals surface area contributed by atoms with Crippen molar-refractivity contribution in [3.05, 3.63) is 137 Å².